The van der Waals surface area contributed by atoms with Gasteiger partial charge < -0.3 is 29.8 Å². The van der Waals surface area contributed by atoms with E-state index in [1.807, 2.05) is 19.1 Å². The first-order valence-corrected chi connectivity index (χ1v) is 11.8. The van der Waals surface area contributed by atoms with Gasteiger partial charge in [0.05, 0.1) is 10.9 Å². The summed E-state index contributed by atoms with van der Waals surface area (Å²) in [5.74, 6) is -0.585. The summed E-state index contributed by atoms with van der Waals surface area (Å²) < 4.78 is 6.29. The summed E-state index contributed by atoms with van der Waals surface area (Å²) in [6, 6.07) is 9.62. The molecule has 0 saturated carbocycles. The van der Waals surface area contributed by atoms with Gasteiger partial charge in [0.25, 0.3) is 0 Å². The highest BCUT2D eigenvalue weighted by molar-refractivity contribution is 6.58. The molecule has 0 amide bonds. The van der Waals surface area contributed by atoms with Gasteiger partial charge in [0.1, 0.15) is 5.58 Å². The Morgan fingerprint density at radius 2 is 1.86 bits per heavy atom. The summed E-state index contributed by atoms with van der Waals surface area (Å²) in [4.78, 5) is 26.8. The molecule has 184 valence electrons. The van der Waals surface area contributed by atoms with Gasteiger partial charge in [0.2, 0.25) is 0 Å². The Hall–Kier alpha value is -3.30. The van der Waals surface area contributed by atoms with E-state index < -0.39 is 13.1 Å². The minimum absolute atomic E-state index is 0.0495. The topological polar surface area (TPSA) is 123 Å². The van der Waals surface area contributed by atoms with Gasteiger partial charge in [0, 0.05) is 31.4 Å². The first-order valence-electron chi connectivity index (χ1n) is 11.8. The number of hydrogen-bond acceptors (Lipinski definition) is 7. The maximum absolute atomic E-state index is 13.0. The number of rotatable bonds is 7. The molecule has 3 aromatic rings. The molecule has 0 radical (unpaired) electrons. The molecule has 4 rings (SSSR count). The van der Waals surface area contributed by atoms with Crippen molar-refractivity contribution >= 4 is 41.1 Å². The molecule has 8 nitrogen and oxygen atoms in total. The Balaban J connectivity index is 1.59. The summed E-state index contributed by atoms with van der Waals surface area (Å²) >= 11 is 0. The molecule has 1 saturated heterocycles. The number of carbonyl (C=O) groups is 1. The molecule has 0 unspecified atom stereocenters. The van der Waals surface area contributed by atoms with Crippen LogP contribution < -0.4 is 21.1 Å². The monoisotopic (exact) mass is 478 g/mol. The molecule has 2 aromatic carbocycles. The summed E-state index contributed by atoms with van der Waals surface area (Å²) in [5.41, 5.74) is 3.00. The molecular formula is C26H31BN2O6. The fraction of sp³-hybridized carbons (Fsp3) is 0.385. The van der Waals surface area contributed by atoms with E-state index in [2.05, 4.69) is 24.1 Å². The smallest absolute Gasteiger partial charge is 0.478 e. The van der Waals surface area contributed by atoms with E-state index in [0.29, 0.717) is 35.5 Å². The molecule has 0 aliphatic carbocycles. The molecule has 1 aliphatic rings. The third-order valence-corrected chi connectivity index (χ3v) is 6.75. The van der Waals surface area contributed by atoms with Gasteiger partial charge in [-0.15, -0.1) is 0 Å². The van der Waals surface area contributed by atoms with E-state index in [-0.39, 0.29) is 21.9 Å². The highest BCUT2D eigenvalue weighted by Crippen LogP contribution is 2.33. The molecule has 1 aliphatic heterocycles. The number of benzene rings is 2. The van der Waals surface area contributed by atoms with Gasteiger partial charge in [0.15, 0.2) is 11.3 Å². The van der Waals surface area contributed by atoms with Crippen LogP contribution in [-0.4, -0.2) is 47.9 Å². The number of carboxylic acid groups (broad SMARTS) is 1. The first-order chi connectivity index (χ1) is 16.5. The largest absolute Gasteiger partial charge is 0.488 e. The number of piperidine rings is 1. The number of aromatic carboxylic acids is 1. The van der Waals surface area contributed by atoms with Gasteiger partial charge in [-0.25, -0.2) is 4.79 Å². The Bertz CT molecular complexity index is 1310. The average molecular weight is 478 g/mol. The molecular weight excluding hydrogens is 447 g/mol. The highest BCUT2D eigenvalue weighted by Gasteiger charge is 2.27. The van der Waals surface area contributed by atoms with Crippen molar-refractivity contribution in [3.8, 4) is 0 Å². The summed E-state index contributed by atoms with van der Waals surface area (Å²) in [6.45, 7) is 8.50. The molecule has 2 heterocycles. The first kappa shape index (κ1) is 24.8. The fourth-order valence-corrected chi connectivity index (χ4v) is 4.54. The third-order valence-electron chi connectivity index (χ3n) is 6.75. The van der Waals surface area contributed by atoms with Crippen molar-refractivity contribution in [2.24, 2.45) is 5.41 Å². The molecule has 1 aromatic heterocycles. The SMILES string of the molecule is Cc1cc(CCNc2ccc(B(O)O)cc2C(=O)O)c2oc(N3CCC(C)(C)CC3)cc(=O)c2c1. The Morgan fingerprint density at radius 3 is 2.51 bits per heavy atom. The van der Waals surface area contributed by atoms with Crippen LogP contribution in [0, 0.1) is 12.3 Å². The Morgan fingerprint density at radius 1 is 1.14 bits per heavy atom. The molecule has 0 bridgehead atoms. The van der Waals surface area contributed by atoms with Gasteiger partial charge in [-0.05, 0) is 66.4 Å². The van der Waals surface area contributed by atoms with E-state index in [1.165, 1.54) is 18.2 Å². The average Bonchev–Trinajstić information content (AvgIpc) is 2.79. The molecule has 1 fully saturated rings. The Kier molecular flexibility index (Phi) is 6.92. The molecule has 4 N–H and O–H groups in total. The van der Waals surface area contributed by atoms with Gasteiger partial charge in [-0.2, -0.15) is 0 Å². The lowest BCUT2D eigenvalue weighted by atomic mass is 9.79. The predicted molar refractivity (Wildman–Crippen MR) is 138 cm³/mol. The minimum Gasteiger partial charge on any atom is -0.478 e. The summed E-state index contributed by atoms with van der Waals surface area (Å²) in [5, 5.41) is 31.9. The standard InChI is InChI=1S/C26H31BN2O6/c1-16-12-17(6-9-28-21-5-4-18(27(33)34)14-19(21)25(31)32)24-20(13-16)22(30)15-23(35-24)29-10-7-26(2,3)8-11-29/h4-5,12-15,28,33-34H,6-11H2,1-3H3,(H,31,32). The van der Waals surface area contributed by atoms with Gasteiger partial charge in [-0.1, -0.05) is 26.0 Å². The van der Waals surface area contributed by atoms with E-state index in [0.717, 1.165) is 37.1 Å². The fourth-order valence-electron chi connectivity index (χ4n) is 4.54. The zero-order valence-corrected chi connectivity index (χ0v) is 20.3. The number of nitrogens with zero attached hydrogens (tertiary/aromatic N) is 1. The lowest BCUT2D eigenvalue weighted by Gasteiger charge is -2.37. The maximum Gasteiger partial charge on any atom is 0.488 e. The third kappa shape index (κ3) is 5.52. The number of carboxylic acids is 1. The molecule has 9 heteroatoms. The van der Waals surface area contributed by atoms with Crippen LogP contribution in [0.4, 0.5) is 11.6 Å². The number of nitrogens with one attached hydrogen (secondary N) is 1. The van der Waals surface area contributed by atoms with Crippen molar-refractivity contribution in [3.63, 3.8) is 0 Å². The van der Waals surface area contributed by atoms with Crippen molar-refractivity contribution in [2.75, 3.05) is 29.9 Å². The van der Waals surface area contributed by atoms with E-state index in [1.54, 1.807) is 6.07 Å². The van der Waals surface area contributed by atoms with Crippen LogP contribution in [0.15, 0.2) is 45.6 Å². The van der Waals surface area contributed by atoms with Gasteiger partial charge in [-0.3, -0.25) is 4.79 Å². The number of anilines is 2. The predicted octanol–water partition coefficient (Wildman–Crippen LogP) is 2.76. The van der Waals surface area contributed by atoms with Crippen LogP contribution in [0.3, 0.4) is 0 Å². The van der Waals surface area contributed by atoms with Crippen LogP contribution in [0.1, 0.15) is 48.2 Å². The second-order valence-corrected chi connectivity index (χ2v) is 10.1. The molecule has 0 spiro atoms. The van der Waals surface area contributed by atoms with Crippen molar-refractivity contribution in [3.05, 3.63) is 63.3 Å². The van der Waals surface area contributed by atoms with Crippen LogP contribution in [0.2, 0.25) is 0 Å². The van der Waals surface area contributed by atoms with E-state index in [9.17, 15) is 24.7 Å². The van der Waals surface area contributed by atoms with Gasteiger partial charge >= 0.3 is 13.1 Å². The second-order valence-electron chi connectivity index (χ2n) is 10.1. The van der Waals surface area contributed by atoms with Crippen LogP contribution >= 0.6 is 0 Å². The van der Waals surface area contributed by atoms with Crippen molar-refractivity contribution in [2.45, 2.75) is 40.0 Å². The summed E-state index contributed by atoms with van der Waals surface area (Å²) in [6.07, 6.45) is 2.55. The number of fused-ring (bicyclic) bond motifs is 1. The van der Waals surface area contributed by atoms with Crippen LogP contribution in [-0.2, 0) is 6.42 Å². The Labute approximate surface area is 204 Å². The molecule has 35 heavy (non-hydrogen) atoms. The lowest BCUT2D eigenvalue weighted by molar-refractivity contribution is 0.0698. The highest BCUT2D eigenvalue weighted by atomic mass is 16.4. The van der Waals surface area contributed by atoms with Crippen molar-refractivity contribution in [1.82, 2.24) is 0 Å². The zero-order valence-electron chi connectivity index (χ0n) is 20.3. The lowest BCUT2D eigenvalue weighted by Crippen LogP contribution is -2.37. The number of hydrogen-bond donors (Lipinski definition) is 4. The van der Waals surface area contributed by atoms with Crippen LogP contribution in [0.25, 0.3) is 11.0 Å². The van der Waals surface area contributed by atoms with Crippen molar-refractivity contribution < 1.29 is 24.4 Å². The maximum atomic E-state index is 13.0. The quantitative estimate of drug-likeness (QED) is 0.383. The minimum atomic E-state index is -1.75. The van der Waals surface area contributed by atoms with Crippen LogP contribution in [0.5, 0.6) is 0 Å². The normalized spacial score (nSPS) is 15.3. The van der Waals surface area contributed by atoms with E-state index in [4.69, 9.17) is 4.42 Å². The van der Waals surface area contributed by atoms with E-state index >= 15 is 0 Å². The number of aryl methyl sites for hydroxylation is 1. The summed E-state index contributed by atoms with van der Waals surface area (Å²) in [7, 11) is -1.75. The molecule has 0 atom stereocenters. The second kappa shape index (κ2) is 9.75. The van der Waals surface area contributed by atoms with Crippen molar-refractivity contribution in [1.29, 1.82) is 0 Å². The zero-order chi connectivity index (χ0) is 25.3.